The van der Waals surface area contributed by atoms with Crippen molar-refractivity contribution in [1.29, 1.82) is 0 Å². The van der Waals surface area contributed by atoms with Crippen LogP contribution in [0.2, 0.25) is 0 Å². The summed E-state index contributed by atoms with van der Waals surface area (Å²) < 4.78 is 51.3. The molecule has 0 saturated carbocycles. The number of fused-ring (bicyclic) bond motifs is 2. The number of benzene rings is 3. The molecule has 0 spiro atoms. The van der Waals surface area contributed by atoms with Gasteiger partial charge in [0.05, 0.1) is 17.6 Å². The lowest BCUT2D eigenvalue weighted by molar-refractivity contribution is -0.135. The van der Waals surface area contributed by atoms with Crippen LogP contribution in [0.5, 0.6) is 11.5 Å². The molecule has 3 saturated heterocycles. The number of amides is 3. The highest BCUT2D eigenvalue weighted by molar-refractivity contribution is 7.92. The zero-order chi connectivity index (χ0) is 36.0. The number of likely N-dealkylation sites (tertiary alicyclic amines) is 1. The average molecular weight is 723 g/mol. The van der Waals surface area contributed by atoms with E-state index in [1.807, 2.05) is 6.07 Å². The van der Waals surface area contributed by atoms with Crippen LogP contribution in [0.15, 0.2) is 47.3 Å². The van der Waals surface area contributed by atoms with Gasteiger partial charge >= 0.3 is 15.9 Å². The Hall–Kier alpha value is -4.96. The third-order valence-corrected chi connectivity index (χ3v) is 11.5. The van der Waals surface area contributed by atoms with Crippen LogP contribution in [0, 0.1) is 5.82 Å². The zero-order valence-electron chi connectivity index (χ0n) is 28.1. The van der Waals surface area contributed by atoms with Gasteiger partial charge in [-0.3, -0.25) is 28.8 Å². The first-order valence-electron chi connectivity index (χ1n) is 17.1. The Morgan fingerprint density at radius 3 is 2.45 bits per heavy atom. The van der Waals surface area contributed by atoms with E-state index in [-0.39, 0.29) is 23.4 Å². The molecule has 4 aromatic rings. The number of hydrogen-bond acceptors (Lipinski definition) is 9. The Morgan fingerprint density at radius 1 is 0.941 bits per heavy atom. The van der Waals surface area contributed by atoms with Crippen LogP contribution in [-0.4, -0.2) is 78.1 Å². The molecule has 0 radical (unpaired) electrons. The van der Waals surface area contributed by atoms with E-state index in [9.17, 15) is 32.7 Å². The number of hydrogen-bond donors (Lipinski definition) is 3. The molecule has 3 N–H and O–H groups in total. The number of anilines is 1. The predicted molar refractivity (Wildman–Crippen MR) is 186 cm³/mol. The molecule has 3 aliphatic rings. The number of imidazole rings is 1. The van der Waals surface area contributed by atoms with Crippen LogP contribution in [0.4, 0.5) is 10.1 Å². The summed E-state index contributed by atoms with van der Waals surface area (Å²) >= 11 is 0. The molecular formula is C35H39FN6O8S. The van der Waals surface area contributed by atoms with Crippen molar-refractivity contribution in [3.8, 4) is 11.5 Å². The second-order valence-electron chi connectivity index (χ2n) is 13.4. The molecule has 7 rings (SSSR count). The van der Waals surface area contributed by atoms with Gasteiger partial charge < -0.3 is 14.7 Å². The lowest BCUT2D eigenvalue weighted by Gasteiger charge is -2.32. The largest absolute Gasteiger partial charge is 0.506 e. The number of carbonyl (C=O) groups excluding carboxylic acids is 3. The first-order chi connectivity index (χ1) is 24.4. The normalized spacial score (nSPS) is 19.9. The van der Waals surface area contributed by atoms with Crippen molar-refractivity contribution in [3.05, 3.63) is 64.3 Å². The lowest BCUT2D eigenvalue weighted by Crippen LogP contribution is -2.44. The Balaban J connectivity index is 0.887. The number of nitrogens with one attached hydrogen (secondary N) is 2. The molecule has 4 heterocycles. The SMILES string of the molecule is Cn1c(=O)n(C2CCC(=O)NC2=O)c2ccc(C3CCN(CCCCCOc4ccc5cc(O)c(N6CC(=O)NS6(=O)=O)c(F)c5c4)CC3)cc21. The number of aryl methyl sites for hydroxylation is 1. The highest BCUT2D eigenvalue weighted by Crippen LogP contribution is 2.39. The molecule has 51 heavy (non-hydrogen) atoms. The van der Waals surface area contributed by atoms with E-state index in [1.54, 1.807) is 28.5 Å². The van der Waals surface area contributed by atoms with Gasteiger partial charge in [-0.2, -0.15) is 8.42 Å². The maximum absolute atomic E-state index is 15.5. The summed E-state index contributed by atoms with van der Waals surface area (Å²) in [5.74, 6) is -2.36. The Kier molecular flexibility index (Phi) is 9.22. The number of nitrogens with zero attached hydrogens (tertiary/aromatic N) is 4. The number of phenolic OH excluding ortho intramolecular Hbond substituents is 1. The molecule has 1 atom stereocenters. The molecule has 0 aliphatic carbocycles. The molecule has 3 aromatic carbocycles. The quantitative estimate of drug-likeness (QED) is 0.164. The lowest BCUT2D eigenvalue weighted by atomic mass is 9.89. The van der Waals surface area contributed by atoms with Crippen molar-refractivity contribution in [3.63, 3.8) is 0 Å². The van der Waals surface area contributed by atoms with Gasteiger partial charge in [0.15, 0.2) is 5.82 Å². The second kappa shape index (κ2) is 13.6. The third-order valence-electron chi connectivity index (χ3n) is 10.2. The van der Waals surface area contributed by atoms with Crippen molar-refractivity contribution >= 4 is 55.4 Å². The summed E-state index contributed by atoms with van der Waals surface area (Å²) in [6, 6.07) is 11.3. The van der Waals surface area contributed by atoms with Crippen molar-refractivity contribution in [2.45, 2.75) is 56.9 Å². The smallest absolute Gasteiger partial charge is 0.329 e. The fourth-order valence-corrected chi connectivity index (χ4v) is 8.60. The highest BCUT2D eigenvalue weighted by Gasteiger charge is 2.38. The Morgan fingerprint density at radius 2 is 1.73 bits per heavy atom. The van der Waals surface area contributed by atoms with Gasteiger partial charge in [0.1, 0.15) is 29.8 Å². The Bertz CT molecular complexity index is 2230. The number of phenols is 1. The van der Waals surface area contributed by atoms with Gasteiger partial charge in [-0.1, -0.05) is 12.1 Å². The summed E-state index contributed by atoms with van der Waals surface area (Å²) in [6.45, 7) is 2.66. The number of ether oxygens (including phenoxy) is 1. The van der Waals surface area contributed by atoms with E-state index < -0.39 is 51.9 Å². The summed E-state index contributed by atoms with van der Waals surface area (Å²) in [5.41, 5.74) is 1.78. The van der Waals surface area contributed by atoms with Crippen molar-refractivity contribution in [2.24, 2.45) is 7.05 Å². The van der Waals surface area contributed by atoms with E-state index >= 15 is 4.39 Å². The maximum atomic E-state index is 15.5. The van der Waals surface area contributed by atoms with Crippen LogP contribution < -0.4 is 24.8 Å². The molecule has 16 heteroatoms. The summed E-state index contributed by atoms with van der Waals surface area (Å²) in [5, 5.41) is 13.1. The second-order valence-corrected chi connectivity index (χ2v) is 15.0. The number of aromatic nitrogens is 2. The fourth-order valence-electron chi connectivity index (χ4n) is 7.44. The number of carbonyl (C=O) groups is 3. The molecule has 1 aromatic heterocycles. The molecule has 3 fully saturated rings. The van der Waals surface area contributed by atoms with E-state index in [2.05, 4.69) is 22.3 Å². The summed E-state index contributed by atoms with van der Waals surface area (Å²) in [6.07, 6.45) is 5.19. The van der Waals surface area contributed by atoms with E-state index in [0.29, 0.717) is 39.9 Å². The molecule has 0 bridgehead atoms. The van der Waals surface area contributed by atoms with Crippen molar-refractivity contribution < 1.29 is 37.0 Å². The number of halogens is 1. The summed E-state index contributed by atoms with van der Waals surface area (Å²) in [7, 11) is -2.59. The van der Waals surface area contributed by atoms with Crippen LogP contribution in [-0.2, 0) is 31.6 Å². The first-order valence-corrected chi connectivity index (χ1v) is 18.5. The maximum Gasteiger partial charge on any atom is 0.329 e. The van der Waals surface area contributed by atoms with E-state index in [4.69, 9.17) is 4.74 Å². The van der Waals surface area contributed by atoms with Gasteiger partial charge in [-0.05, 0) is 105 Å². The first kappa shape index (κ1) is 34.5. The third kappa shape index (κ3) is 6.65. The minimum atomic E-state index is -4.31. The Labute approximate surface area is 292 Å². The van der Waals surface area contributed by atoms with Crippen LogP contribution in [0.25, 0.3) is 21.8 Å². The van der Waals surface area contributed by atoms with Gasteiger partial charge in [0.2, 0.25) is 11.8 Å². The van der Waals surface area contributed by atoms with E-state index in [1.165, 1.54) is 22.3 Å². The fraction of sp³-hybridized carbons (Fsp3) is 0.429. The average Bonchev–Trinajstić information content (AvgIpc) is 3.51. The van der Waals surface area contributed by atoms with Crippen LogP contribution in [0.3, 0.4) is 0 Å². The molecule has 14 nitrogen and oxygen atoms in total. The number of rotatable bonds is 10. The highest BCUT2D eigenvalue weighted by atomic mass is 32.2. The van der Waals surface area contributed by atoms with Crippen molar-refractivity contribution in [1.82, 2.24) is 24.1 Å². The zero-order valence-corrected chi connectivity index (χ0v) is 28.9. The monoisotopic (exact) mass is 722 g/mol. The van der Waals surface area contributed by atoms with Crippen LogP contribution >= 0.6 is 0 Å². The number of unbranched alkanes of at least 4 members (excludes halogenated alkanes) is 2. The number of piperidine rings is 2. The van der Waals surface area contributed by atoms with Gasteiger partial charge in [-0.15, -0.1) is 0 Å². The van der Waals surface area contributed by atoms with E-state index in [0.717, 1.165) is 57.3 Å². The van der Waals surface area contributed by atoms with Crippen molar-refractivity contribution in [2.75, 3.05) is 37.1 Å². The molecule has 3 amide bonds. The topological polar surface area (TPSA) is 172 Å². The summed E-state index contributed by atoms with van der Waals surface area (Å²) in [4.78, 5) is 51.4. The standard InChI is InChI=1S/C35H39FN6O8S/c1-39-28-17-22(6-8-26(28)42(35(39)47)27-9-10-30(44)37-34(27)46)21-11-14-40(15-12-21)13-3-2-4-16-50-24-7-5-23-18-29(43)33(32(36)25(23)19-24)41-20-31(45)38-51(41,48)49/h5-8,17-19,21,27,43H,2-4,9-16,20H2,1H3,(H,38,45)(H,37,44,46). The van der Waals surface area contributed by atoms with Gasteiger partial charge in [0.25, 0.3) is 5.91 Å². The van der Waals surface area contributed by atoms with Crippen LogP contribution in [0.1, 0.15) is 62.5 Å². The number of aromatic hydroxyl groups is 1. The molecular weight excluding hydrogens is 683 g/mol. The minimum Gasteiger partial charge on any atom is -0.506 e. The minimum absolute atomic E-state index is 0.0628. The molecule has 270 valence electrons. The molecule has 3 aliphatic heterocycles. The number of imide groups is 1. The predicted octanol–water partition coefficient (Wildman–Crippen LogP) is 2.93. The van der Waals surface area contributed by atoms with Gasteiger partial charge in [0, 0.05) is 18.9 Å². The van der Waals surface area contributed by atoms with Gasteiger partial charge in [-0.25, -0.2) is 18.2 Å². The molecule has 1 unspecified atom stereocenters.